The molecule has 0 bridgehead atoms. The van der Waals surface area contributed by atoms with Gasteiger partial charge in [-0.2, -0.15) is 0 Å². The molecule has 2 aromatic rings. The molecule has 2 rings (SSSR count). The first-order chi connectivity index (χ1) is 10.4. The summed E-state index contributed by atoms with van der Waals surface area (Å²) in [5, 5.41) is 0. The van der Waals surface area contributed by atoms with Gasteiger partial charge in [-0.3, -0.25) is 0 Å². The minimum Gasteiger partial charge on any atom is -0.126 e. The smallest absolute Gasteiger partial charge is 0.0123 e. The van der Waals surface area contributed by atoms with Crippen LogP contribution in [0.4, 0.5) is 0 Å². The van der Waals surface area contributed by atoms with Crippen molar-refractivity contribution in [3.8, 4) is 0 Å². The van der Waals surface area contributed by atoms with E-state index in [-0.39, 0.29) is 0 Å². The monoisotopic (exact) mass is 316 g/mol. The molecule has 0 amide bonds. The van der Waals surface area contributed by atoms with Gasteiger partial charge in [0.15, 0.2) is 0 Å². The third kappa shape index (κ3) is 6.62. The van der Waals surface area contributed by atoms with Crippen LogP contribution in [0.5, 0.6) is 0 Å². The van der Waals surface area contributed by atoms with Crippen molar-refractivity contribution in [2.75, 3.05) is 5.75 Å². The van der Waals surface area contributed by atoms with Gasteiger partial charge in [-0.15, -0.1) is 11.8 Å². The standard InChI is InChI=1S/C19H24S2/c1-2-3-4-5-9-16-20-17-12-14-19(15-13-17)21-18-10-7-6-8-11-18/h6-8,10-15H,2-5,9,16H2,1H3. The lowest BCUT2D eigenvalue weighted by molar-refractivity contribution is 0.659. The summed E-state index contributed by atoms with van der Waals surface area (Å²) in [4.78, 5) is 4.00. The Hall–Kier alpha value is -0.860. The summed E-state index contributed by atoms with van der Waals surface area (Å²) in [6.07, 6.45) is 6.82. The van der Waals surface area contributed by atoms with Crippen LogP contribution in [0.2, 0.25) is 0 Å². The summed E-state index contributed by atoms with van der Waals surface area (Å²) < 4.78 is 0. The molecule has 0 nitrogen and oxygen atoms in total. The molecule has 0 atom stereocenters. The number of thioether (sulfide) groups is 1. The van der Waals surface area contributed by atoms with E-state index in [9.17, 15) is 0 Å². The van der Waals surface area contributed by atoms with E-state index >= 15 is 0 Å². The molecule has 0 aliphatic rings. The van der Waals surface area contributed by atoms with E-state index in [0.717, 1.165) is 0 Å². The number of unbranched alkanes of at least 4 members (excludes halogenated alkanes) is 4. The normalized spacial score (nSPS) is 10.7. The van der Waals surface area contributed by atoms with Gasteiger partial charge in [0.2, 0.25) is 0 Å². The van der Waals surface area contributed by atoms with Crippen molar-refractivity contribution in [3.63, 3.8) is 0 Å². The molecule has 0 aliphatic heterocycles. The van der Waals surface area contributed by atoms with E-state index in [1.807, 2.05) is 23.5 Å². The first-order valence-electron chi connectivity index (χ1n) is 7.84. The van der Waals surface area contributed by atoms with Gasteiger partial charge < -0.3 is 0 Å². The number of hydrogen-bond donors (Lipinski definition) is 0. The fraction of sp³-hybridized carbons (Fsp3) is 0.368. The highest BCUT2D eigenvalue weighted by atomic mass is 32.2. The van der Waals surface area contributed by atoms with Crippen LogP contribution in [0.15, 0.2) is 69.3 Å². The van der Waals surface area contributed by atoms with Crippen molar-refractivity contribution in [2.45, 2.75) is 53.7 Å². The third-order valence-electron chi connectivity index (χ3n) is 3.32. The molecule has 0 aliphatic carbocycles. The maximum Gasteiger partial charge on any atom is 0.0123 e. The van der Waals surface area contributed by atoms with E-state index in [2.05, 4.69) is 61.5 Å². The first-order valence-corrected chi connectivity index (χ1v) is 9.64. The molecule has 112 valence electrons. The molecular weight excluding hydrogens is 292 g/mol. The molecule has 0 aromatic heterocycles. The average molecular weight is 317 g/mol. The number of rotatable bonds is 9. The van der Waals surface area contributed by atoms with Crippen LogP contribution in [-0.2, 0) is 0 Å². The molecule has 0 radical (unpaired) electrons. The highest BCUT2D eigenvalue weighted by molar-refractivity contribution is 7.99. The summed E-state index contributed by atoms with van der Waals surface area (Å²) in [6.45, 7) is 2.27. The van der Waals surface area contributed by atoms with Gasteiger partial charge in [0.25, 0.3) is 0 Å². The Kier molecular flexibility index (Phi) is 7.83. The lowest BCUT2D eigenvalue weighted by atomic mass is 10.2. The molecule has 0 saturated heterocycles. The van der Waals surface area contributed by atoms with Crippen LogP contribution in [0.3, 0.4) is 0 Å². The van der Waals surface area contributed by atoms with E-state index < -0.39 is 0 Å². The molecule has 0 spiro atoms. The summed E-state index contributed by atoms with van der Waals surface area (Å²) in [5.74, 6) is 1.24. The molecule has 0 N–H and O–H groups in total. The maximum atomic E-state index is 2.27. The second-order valence-electron chi connectivity index (χ2n) is 5.15. The van der Waals surface area contributed by atoms with Crippen molar-refractivity contribution in [1.29, 1.82) is 0 Å². The van der Waals surface area contributed by atoms with E-state index in [1.165, 1.54) is 52.5 Å². The topological polar surface area (TPSA) is 0 Å². The first kappa shape index (κ1) is 16.5. The Labute approximate surface area is 137 Å². The summed E-state index contributed by atoms with van der Waals surface area (Å²) in [6, 6.07) is 19.5. The van der Waals surface area contributed by atoms with Crippen molar-refractivity contribution in [1.82, 2.24) is 0 Å². The quantitative estimate of drug-likeness (QED) is 0.364. The van der Waals surface area contributed by atoms with E-state index in [4.69, 9.17) is 0 Å². The molecule has 2 heteroatoms. The van der Waals surface area contributed by atoms with Crippen molar-refractivity contribution in [3.05, 3.63) is 54.6 Å². The minimum absolute atomic E-state index is 1.24. The summed E-state index contributed by atoms with van der Waals surface area (Å²) in [5.41, 5.74) is 0. The maximum absolute atomic E-state index is 2.27. The van der Waals surface area contributed by atoms with Crippen molar-refractivity contribution >= 4 is 23.5 Å². The Morgan fingerprint density at radius 3 is 2.00 bits per heavy atom. The van der Waals surface area contributed by atoms with Crippen molar-refractivity contribution < 1.29 is 0 Å². The van der Waals surface area contributed by atoms with Crippen LogP contribution < -0.4 is 0 Å². The predicted molar refractivity (Wildman–Crippen MR) is 96.5 cm³/mol. The van der Waals surface area contributed by atoms with Gasteiger partial charge in [0.05, 0.1) is 0 Å². The van der Waals surface area contributed by atoms with Gasteiger partial charge >= 0.3 is 0 Å². The second-order valence-corrected chi connectivity index (χ2v) is 7.46. The molecule has 0 unspecified atom stereocenters. The molecule has 2 aromatic carbocycles. The van der Waals surface area contributed by atoms with Gasteiger partial charge in [0.1, 0.15) is 0 Å². The largest absolute Gasteiger partial charge is 0.126 e. The van der Waals surface area contributed by atoms with Crippen LogP contribution in [-0.4, -0.2) is 5.75 Å². The SMILES string of the molecule is CCCCCCCSc1ccc(Sc2ccccc2)cc1. The highest BCUT2D eigenvalue weighted by Gasteiger charge is 1.98. The number of benzene rings is 2. The van der Waals surface area contributed by atoms with Gasteiger partial charge in [-0.05, 0) is 48.6 Å². The fourth-order valence-electron chi connectivity index (χ4n) is 2.12. The summed E-state index contributed by atoms with van der Waals surface area (Å²) in [7, 11) is 0. The van der Waals surface area contributed by atoms with Crippen LogP contribution in [0.1, 0.15) is 39.0 Å². The fourth-order valence-corrected chi connectivity index (χ4v) is 3.87. The lowest BCUT2D eigenvalue weighted by Crippen LogP contribution is -1.82. The average Bonchev–Trinajstić information content (AvgIpc) is 2.53. The molecular formula is C19H24S2. The summed E-state index contributed by atoms with van der Waals surface area (Å²) >= 11 is 3.81. The van der Waals surface area contributed by atoms with Crippen LogP contribution in [0, 0.1) is 0 Å². The number of hydrogen-bond acceptors (Lipinski definition) is 2. The molecule has 21 heavy (non-hydrogen) atoms. The van der Waals surface area contributed by atoms with Gasteiger partial charge in [-0.25, -0.2) is 0 Å². The Morgan fingerprint density at radius 1 is 0.667 bits per heavy atom. The van der Waals surface area contributed by atoms with Crippen molar-refractivity contribution in [2.24, 2.45) is 0 Å². The van der Waals surface area contributed by atoms with E-state index in [1.54, 1.807) is 0 Å². The second kappa shape index (κ2) is 9.97. The Balaban J connectivity index is 1.72. The zero-order valence-electron chi connectivity index (χ0n) is 12.8. The van der Waals surface area contributed by atoms with Gasteiger partial charge in [0, 0.05) is 14.7 Å². The van der Waals surface area contributed by atoms with E-state index in [0.29, 0.717) is 0 Å². The predicted octanol–water partition coefficient (Wildman–Crippen LogP) is 6.90. The Bertz CT molecular complexity index is 491. The zero-order valence-corrected chi connectivity index (χ0v) is 14.4. The zero-order chi connectivity index (χ0) is 14.8. The van der Waals surface area contributed by atoms with Crippen LogP contribution >= 0.6 is 23.5 Å². The molecule has 0 heterocycles. The highest BCUT2D eigenvalue weighted by Crippen LogP contribution is 2.29. The van der Waals surface area contributed by atoms with Gasteiger partial charge in [-0.1, -0.05) is 62.6 Å². The third-order valence-corrected chi connectivity index (χ3v) is 5.43. The lowest BCUT2D eigenvalue weighted by Gasteiger charge is -2.04. The Morgan fingerprint density at radius 2 is 1.29 bits per heavy atom. The minimum atomic E-state index is 1.24. The molecule has 0 saturated carbocycles. The molecule has 0 fully saturated rings. The van der Waals surface area contributed by atoms with Crippen LogP contribution in [0.25, 0.3) is 0 Å².